The minimum atomic E-state index is -1.09. The Kier molecular flexibility index (Phi) is 5.15. The van der Waals surface area contributed by atoms with Crippen molar-refractivity contribution in [1.29, 1.82) is 0 Å². The van der Waals surface area contributed by atoms with E-state index in [2.05, 4.69) is 0 Å². The molecule has 0 atom stereocenters. The molecule has 0 radical (unpaired) electrons. The summed E-state index contributed by atoms with van der Waals surface area (Å²) < 4.78 is 2.10. The third-order valence-electron chi connectivity index (χ3n) is 2.04. The van der Waals surface area contributed by atoms with Crippen molar-refractivity contribution in [2.75, 3.05) is 0 Å². The van der Waals surface area contributed by atoms with E-state index in [1.165, 1.54) is 3.57 Å². The summed E-state index contributed by atoms with van der Waals surface area (Å²) in [5.41, 5.74) is 0.319. The van der Waals surface area contributed by atoms with Crippen LogP contribution in [0.15, 0.2) is 54.6 Å². The van der Waals surface area contributed by atoms with Crippen LogP contribution in [0.4, 0.5) is 0 Å². The van der Waals surface area contributed by atoms with Crippen LogP contribution in [0.1, 0.15) is 17.8 Å². The Labute approximate surface area is 112 Å². The Morgan fingerprint density at radius 2 is 1.53 bits per heavy atom. The SMILES string of the molecule is C.O=C([O-])c1ccccc1[I+]c1ccccc1. The van der Waals surface area contributed by atoms with Gasteiger partial charge in [0.2, 0.25) is 3.57 Å². The van der Waals surface area contributed by atoms with Crippen LogP contribution in [0.3, 0.4) is 0 Å². The van der Waals surface area contributed by atoms with Gasteiger partial charge in [-0.1, -0.05) is 37.8 Å². The van der Waals surface area contributed by atoms with Crippen molar-refractivity contribution in [3.8, 4) is 0 Å². The molecule has 3 heteroatoms. The maximum Gasteiger partial charge on any atom is 0.358 e. The van der Waals surface area contributed by atoms with Gasteiger partial charge < -0.3 is 9.90 Å². The lowest BCUT2D eigenvalue weighted by molar-refractivity contribution is -0.598. The van der Waals surface area contributed by atoms with Crippen molar-refractivity contribution in [2.24, 2.45) is 0 Å². The Morgan fingerprint density at radius 1 is 0.941 bits per heavy atom. The largest absolute Gasteiger partial charge is 0.545 e. The molecule has 0 saturated heterocycles. The summed E-state index contributed by atoms with van der Waals surface area (Å²) in [7, 11) is 0. The number of aromatic carboxylic acids is 1. The van der Waals surface area contributed by atoms with Crippen molar-refractivity contribution in [3.63, 3.8) is 0 Å². The summed E-state index contributed by atoms with van der Waals surface area (Å²) >= 11 is -0.447. The van der Waals surface area contributed by atoms with Crippen molar-refractivity contribution in [2.45, 2.75) is 7.43 Å². The van der Waals surface area contributed by atoms with Crippen molar-refractivity contribution in [3.05, 3.63) is 67.3 Å². The van der Waals surface area contributed by atoms with Gasteiger partial charge in [-0.15, -0.1) is 0 Å². The lowest BCUT2D eigenvalue weighted by Gasteiger charge is -2.00. The Balaban J connectivity index is 0.00000144. The minimum absolute atomic E-state index is 0. The second kappa shape index (κ2) is 6.39. The highest BCUT2D eigenvalue weighted by molar-refractivity contribution is 5.85. The Bertz CT molecular complexity index is 495. The number of benzene rings is 2. The highest BCUT2D eigenvalue weighted by Crippen LogP contribution is 1.96. The molecule has 0 saturated carbocycles. The summed E-state index contributed by atoms with van der Waals surface area (Å²) in [4.78, 5) is 10.9. The summed E-state index contributed by atoms with van der Waals surface area (Å²) in [5.74, 6) is -1.09. The van der Waals surface area contributed by atoms with Gasteiger partial charge in [0.15, 0.2) is 3.57 Å². The molecule has 0 aliphatic carbocycles. The average molecular weight is 340 g/mol. The smallest absolute Gasteiger partial charge is 0.358 e. The number of hydrogen-bond donors (Lipinski definition) is 0. The zero-order valence-corrected chi connectivity index (χ0v) is 10.5. The fraction of sp³-hybridized carbons (Fsp3) is 0.0714. The van der Waals surface area contributed by atoms with E-state index in [-0.39, 0.29) is 7.43 Å². The van der Waals surface area contributed by atoms with E-state index in [9.17, 15) is 9.90 Å². The fourth-order valence-electron chi connectivity index (χ4n) is 1.30. The van der Waals surface area contributed by atoms with Crippen molar-refractivity contribution >= 4 is 5.97 Å². The zero-order valence-electron chi connectivity index (χ0n) is 8.39. The quantitative estimate of drug-likeness (QED) is 0.660. The molecule has 0 spiro atoms. The number of carbonyl (C=O) groups is 1. The molecule has 17 heavy (non-hydrogen) atoms. The molecule has 0 aromatic heterocycles. The van der Waals surface area contributed by atoms with Gasteiger partial charge in [-0.25, -0.2) is 0 Å². The highest BCUT2D eigenvalue weighted by Gasteiger charge is 2.19. The van der Waals surface area contributed by atoms with Crippen LogP contribution >= 0.6 is 0 Å². The van der Waals surface area contributed by atoms with E-state index < -0.39 is 27.2 Å². The predicted octanol–water partition coefficient (Wildman–Crippen LogP) is -1.19. The van der Waals surface area contributed by atoms with Crippen LogP contribution in [-0.4, -0.2) is 5.97 Å². The van der Waals surface area contributed by atoms with Gasteiger partial charge >= 0.3 is 21.2 Å². The van der Waals surface area contributed by atoms with Crippen LogP contribution in [0.5, 0.6) is 0 Å². The second-order valence-electron chi connectivity index (χ2n) is 3.16. The number of carboxylic acids is 1. The van der Waals surface area contributed by atoms with Gasteiger partial charge in [0.05, 0.1) is 11.5 Å². The fourth-order valence-corrected chi connectivity index (χ4v) is 3.83. The third-order valence-corrected chi connectivity index (χ3v) is 4.90. The van der Waals surface area contributed by atoms with Gasteiger partial charge in [0.1, 0.15) is 0 Å². The van der Waals surface area contributed by atoms with E-state index in [1.807, 2.05) is 42.5 Å². The molecule has 0 heterocycles. The van der Waals surface area contributed by atoms with Crippen LogP contribution in [0.25, 0.3) is 0 Å². The van der Waals surface area contributed by atoms with Crippen molar-refractivity contribution < 1.29 is 31.1 Å². The first-order chi connectivity index (χ1) is 7.77. The normalized spacial score (nSPS) is 9.41. The second-order valence-corrected chi connectivity index (χ2v) is 6.10. The first-order valence-electron chi connectivity index (χ1n) is 4.77. The lowest BCUT2D eigenvalue weighted by Crippen LogP contribution is -3.61. The van der Waals surface area contributed by atoms with Gasteiger partial charge in [-0.2, -0.15) is 0 Å². The number of carbonyl (C=O) groups excluding carboxylic acids is 1. The summed E-state index contributed by atoms with van der Waals surface area (Å²) in [6.07, 6.45) is 0. The molecular weight excluding hydrogens is 327 g/mol. The maximum atomic E-state index is 10.9. The molecule has 0 aliphatic rings. The van der Waals surface area contributed by atoms with Crippen LogP contribution in [0.2, 0.25) is 0 Å². The molecule has 2 nitrogen and oxygen atoms in total. The molecule has 2 aromatic rings. The van der Waals surface area contributed by atoms with E-state index in [1.54, 1.807) is 12.1 Å². The highest BCUT2D eigenvalue weighted by atomic mass is 127. The van der Waals surface area contributed by atoms with E-state index in [0.717, 1.165) is 3.57 Å². The van der Waals surface area contributed by atoms with Gasteiger partial charge in [-0.3, -0.25) is 0 Å². The molecule has 88 valence electrons. The topological polar surface area (TPSA) is 40.1 Å². The molecule has 0 unspecified atom stereocenters. The molecule has 0 aliphatic heterocycles. The van der Waals surface area contributed by atoms with E-state index in [4.69, 9.17) is 0 Å². The van der Waals surface area contributed by atoms with E-state index >= 15 is 0 Å². The van der Waals surface area contributed by atoms with Gasteiger partial charge in [0, 0.05) is 0 Å². The van der Waals surface area contributed by atoms with E-state index in [0.29, 0.717) is 5.56 Å². The first kappa shape index (κ1) is 13.7. The standard InChI is InChI=1S/C13H9IO2.CH4/c15-13(16)11-8-4-5-9-12(11)14-10-6-2-1-3-7-10;/h1-9H;1H4. The van der Waals surface area contributed by atoms with Crippen LogP contribution in [0, 0.1) is 7.14 Å². The Morgan fingerprint density at radius 3 is 2.18 bits per heavy atom. The van der Waals surface area contributed by atoms with Crippen LogP contribution < -0.4 is 26.3 Å². The molecule has 0 amide bonds. The summed E-state index contributed by atoms with van der Waals surface area (Å²) in [5, 5.41) is 10.9. The van der Waals surface area contributed by atoms with Gasteiger partial charge in [0.25, 0.3) is 0 Å². The Hall–Kier alpha value is -1.36. The number of hydrogen-bond acceptors (Lipinski definition) is 2. The minimum Gasteiger partial charge on any atom is -0.545 e. The molecule has 2 rings (SSSR count). The number of halogens is 1. The number of rotatable bonds is 3. The molecular formula is C14H13IO2. The number of carboxylic acid groups (broad SMARTS) is 1. The van der Waals surface area contributed by atoms with Crippen molar-refractivity contribution in [1.82, 2.24) is 0 Å². The molecule has 2 aromatic carbocycles. The van der Waals surface area contributed by atoms with Gasteiger partial charge in [-0.05, 0) is 24.3 Å². The molecule has 0 N–H and O–H groups in total. The molecule has 0 fully saturated rings. The predicted molar refractivity (Wildman–Crippen MR) is 61.3 cm³/mol. The maximum absolute atomic E-state index is 10.9. The summed E-state index contributed by atoms with van der Waals surface area (Å²) in [6.45, 7) is 0. The lowest BCUT2D eigenvalue weighted by atomic mass is 10.2. The third kappa shape index (κ3) is 3.56. The summed E-state index contributed by atoms with van der Waals surface area (Å²) in [6, 6.07) is 17.0. The monoisotopic (exact) mass is 340 g/mol. The first-order valence-corrected chi connectivity index (χ1v) is 6.93. The average Bonchev–Trinajstić information content (AvgIpc) is 2.31. The zero-order chi connectivity index (χ0) is 11.4. The van der Waals surface area contributed by atoms with Crippen LogP contribution in [-0.2, 0) is 0 Å². The molecule has 0 bridgehead atoms.